The molecule has 2 aliphatic rings. The van der Waals surface area contributed by atoms with E-state index in [1.165, 1.54) is 24.8 Å². The van der Waals surface area contributed by atoms with E-state index in [4.69, 9.17) is 0 Å². The molecule has 2 saturated heterocycles. The van der Waals surface area contributed by atoms with Crippen LogP contribution in [0.5, 0.6) is 0 Å². The molecule has 0 unspecified atom stereocenters. The Hall–Kier alpha value is -0.820. The van der Waals surface area contributed by atoms with Crippen molar-refractivity contribution in [1.29, 1.82) is 0 Å². The van der Waals surface area contributed by atoms with Crippen LogP contribution in [0.1, 0.15) is 25.7 Å². The number of likely N-dealkylation sites (N-methyl/N-ethyl adjacent to an activating group) is 1. The summed E-state index contributed by atoms with van der Waals surface area (Å²) < 4.78 is 37.2. The first kappa shape index (κ1) is 27.2. The molecule has 0 aromatic rings. The highest BCUT2D eigenvalue weighted by Crippen LogP contribution is 2.15. The predicted octanol–water partition coefficient (Wildman–Crippen LogP) is 1.69. The fraction of sp³-hybridized carbons (Fsp3) is 0.895. The molecule has 0 aromatic carbocycles. The normalized spacial score (nSPS) is 19.5. The number of nitrogens with zero attached hydrogens (tertiary/aromatic N) is 5. The van der Waals surface area contributed by atoms with Crippen LogP contribution in [0.2, 0.25) is 0 Å². The van der Waals surface area contributed by atoms with Crippen molar-refractivity contribution in [1.82, 2.24) is 24.9 Å². The highest BCUT2D eigenvalue weighted by molar-refractivity contribution is 14.0. The molecule has 2 rings (SSSR count). The van der Waals surface area contributed by atoms with E-state index in [1.54, 1.807) is 7.05 Å². The zero-order valence-corrected chi connectivity index (χ0v) is 20.4. The Labute approximate surface area is 195 Å². The van der Waals surface area contributed by atoms with Crippen LogP contribution in [0, 0.1) is 0 Å². The monoisotopic (exact) mass is 548 g/mol. The number of aliphatic imine (C=N–C) groups is 1. The summed E-state index contributed by atoms with van der Waals surface area (Å²) in [6.07, 6.45) is 0.429. The van der Waals surface area contributed by atoms with Crippen molar-refractivity contribution in [3.05, 3.63) is 0 Å². The summed E-state index contributed by atoms with van der Waals surface area (Å²) in [5.74, 6) is 0.916. The Morgan fingerprint density at radius 2 is 1.60 bits per heavy atom. The molecule has 0 atom stereocenters. The molecular weight excluding hydrogens is 512 g/mol. The van der Waals surface area contributed by atoms with E-state index < -0.39 is 12.7 Å². The fourth-order valence-electron chi connectivity index (χ4n) is 3.81. The van der Waals surface area contributed by atoms with Crippen molar-refractivity contribution >= 4 is 35.8 Å². The summed E-state index contributed by atoms with van der Waals surface area (Å²) in [7, 11) is 3.13. The van der Waals surface area contributed by atoms with Crippen molar-refractivity contribution in [2.24, 2.45) is 4.99 Å². The second-order valence-corrected chi connectivity index (χ2v) is 7.89. The van der Waals surface area contributed by atoms with Gasteiger partial charge in [0.25, 0.3) is 0 Å². The lowest BCUT2D eigenvalue weighted by atomic mass is 10.2. The smallest absolute Gasteiger partial charge is 0.355 e. The minimum atomic E-state index is -4.18. The van der Waals surface area contributed by atoms with E-state index in [2.05, 4.69) is 20.1 Å². The van der Waals surface area contributed by atoms with E-state index in [9.17, 15) is 18.0 Å². The van der Waals surface area contributed by atoms with Crippen molar-refractivity contribution < 1.29 is 18.0 Å². The molecule has 0 bridgehead atoms. The lowest BCUT2D eigenvalue weighted by Gasteiger charge is -2.37. The Bertz CT molecular complexity index is 533. The second kappa shape index (κ2) is 13.6. The maximum absolute atomic E-state index is 12.5. The molecule has 11 heteroatoms. The zero-order chi connectivity index (χ0) is 21.3. The molecule has 0 aliphatic carbocycles. The lowest BCUT2D eigenvalue weighted by molar-refractivity contribution is -0.142. The minimum Gasteiger partial charge on any atom is -0.355 e. The highest BCUT2D eigenvalue weighted by atomic mass is 127. The summed E-state index contributed by atoms with van der Waals surface area (Å²) >= 11 is 0. The lowest BCUT2D eigenvalue weighted by Crippen LogP contribution is -2.54. The predicted molar refractivity (Wildman–Crippen MR) is 123 cm³/mol. The maximum Gasteiger partial charge on any atom is 0.401 e. The van der Waals surface area contributed by atoms with Gasteiger partial charge in [0.15, 0.2) is 5.96 Å². The number of nitrogens with one attached hydrogen (secondary N) is 1. The van der Waals surface area contributed by atoms with Gasteiger partial charge in [-0.15, -0.1) is 24.0 Å². The molecule has 0 spiro atoms. The number of amides is 1. The number of carbonyl (C=O) groups excluding carboxylic acids is 1. The first-order valence-electron chi connectivity index (χ1n) is 10.5. The summed E-state index contributed by atoms with van der Waals surface area (Å²) in [6.45, 7) is 4.99. The Morgan fingerprint density at radius 1 is 1.00 bits per heavy atom. The van der Waals surface area contributed by atoms with Crippen LogP contribution in [0.3, 0.4) is 0 Å². The zero-order valence-electron chi connectivity index (χ0n) is 18.1. The maximum atomic E-state index is 12.5. The van der Waals surface area contributed by atoms with Gasteiger partial charge < -0.3 is 15.1 Å². The van der Waals surface area contributed by atoms with Crippen LogP contribution in [0.15, 0.2) is 4.99 Å². The van der Waals surface area contributed by atoms with Crippen LogP contribution in [-0.4, -0.2) is 117 Å². The third kappa shape index (κ3) is 9.99. The number of likely N-dealkylation sites (tertiary alicyclic amines) is 1. The molecule has 2 heterocycles. The second-order valence-electron chi connectivity index (χ2n) is 7.89. The van der Waals surface area contributed by atoms with Crippen molar-refractivity contribution in [2.75, 3.05) is 79.5 Å². The summed E-state index contributed by atoms with van der Waals surface area (Å²) in [5.41, 5.74) is 0. The number of hydrogen-bond donors (Lipinski definition) is 1. The van der Waals surface area contributed by atoms with E-state index in [0.717, 1.165) is 52.1 Å². The highest BCUT2D eigenvalue weighted by Gasteiger charge is 2.29. The molecule has 1 N–H and O–H groups in total. The number of alkyl halides is 3. The van der Waals surface area contributed by atoms with Gasteiger partial charge in [-0.3, -0.25) is 19.6 Å². The van der Waals surface area contributed by atoms with Crippen LogP contribution in [-0.2, 0) is 4.79 Å². The van der Waals surface area contributed by atoms with Gasteiger partial charge in [-0.25, -0.2) is 0 Å². The van der Waals surface area contributed by atoms with Gasteiger partial charge >= 0.3 is 6.18 Å². The third-order valence-corrected chi connectivity index (χ3v) is 5.43. The fourth-order valence-corrected chi connectivity index (χ4v) is 3.81. The van der Waals surface area contributed by atoms with Crippen LogP contribution in [0.4, 0.5) is 13.2 Å². The minimum absolute atomic E-state index is 0. The molecular formula is C19H36F3IN6O. The van der Waals surface area contributed by atoms with Gasteiger partial charge in [-0.05, 0) is 19.9 Å². The van der Waals surface area contributed by atoms with Gasteiger partial charge in [-0.1, -0.05) is 12.8 Å². The molecule has 176 valence electrons. The van der Waals surface area contributed by atoms with Crippen molar-refractivity contribution in [3.63, 3.8) is 0 Å². The third-order valence-electron chi connectivity index (χ3n) is 5.43. The number of hydrogen-bond acceptors (Lipinski definition) is 4. The van der Waals surface area contributed by atoms with Gasteiger partial charge in [0, 0.05) is 59.4 Å². The number of rotatable bonds is 6. The summed E-state index contributed by atoms with van der Waals surface area (Å²) in [4.78, 5) is 24.3. The first-order valence-corrected chi connectivity index (χ1v) is 10.5. The van der Waals surface area contributed by atoms with Crippen LogP contribution in [0.25, 0.3) is 0 Å². The molecule has 2 fully saturated rings. The first-order chi connectivity index (χ1) is 13.8. The number of guanidine groups is 1. The number of halogens is 4. The van der Waals surface area contributed by atoms with Gasteiger partial charge in [-0.2, -0.15) is 13.2 Å². The van der Waals surface area contributed by atoms with E-state index in [-0.39, 0.29) is 36.4 Å². The van der Waals surface area contributed by atoms with E-state index in [0.29, 0.717) is 19.0 Å². The summed E-state index contributed by atoms with van der Waals surface area (Å²) in [5, 5.41) is 3.14. The largest absolute Gasteiger partial charge is 0.401 e. The standard InChI is InChI=1S/C19H35F3N6O.HI/c1-23-18(24-7-10-25(2)16-19(20,21)22)28-13-11-26(12-14-28)15-17(29)27-8-5-3-4-6-9-27;/h3-16H2,1-2H3,(H,23,24);1H. The quantitative estimate of drug-likeness (QED) is 0.311. The van der Waals surface area contributed by atoms with E-state index >= 15 is 0 Å². The molecule has 2 aliphatic heterocycles. The Kier molecular flexibility index (Phi) is 12.3. The summed E-state index contributed by atoms with van der Waals surface area (Å²) in [6, 6.07) is 0. The van der Waals surface area contributed by atoms with Crippen molar-refractivity contribution in [3.8, 4) is 0 Å². The molecule has 30 heavy (non-hydrogen) atoms. The van der Waals surface area contributed by atoms with Crippen molar-refractivity contribution in [2.45, 2.75) is 31.9 Å². The average molecular weight is 548 g/mol. The topological polar surface area (TPSA) is 54.4 Å². The van der Waals surface area contributed by atoms with E-state index in [1.807, 2.05) is 4.90 Å². The Balaban J connectivity index is 0.00000450. The molecule has 1 amide bonds. The molecule has 7 nitrogen and oxygen atoms in total. The molecule has 0 saturated carbocycles. The average Bonchev–Trinajstić information content (AvgIpc) is 2.94. The van der Waals surface area contributed by atoms with Gasteiger partial charge in [0.2, 0.25) is 5.91 Å². The van der Waals surface area contributed by atoms with Crippen LogP contribution >= 0.6 is 24.0 Å². The molecule has 0 aromatic heterocycles. The number of carbonyl (C=O) groups is 1. The Morgan fingerprint density at radius 3 is 2.13 bits per heavy atom. The van der Waals surface area contributed by atoms with Crippen LogP contribution < -0.4 is 5.32 Å². The van der Waals surface area contributed by atoms with Gasteiger partial charge in [0.05, 0.1) is 13.1 Å². The number of piperazine rings is 1. The molecule has 0 radical (unpaired) electrons. The SMILES string of the molecule is CN=C(NCCN(C)CC(F)(F)F)N1CCN(CC(=O)N2CCCCCC2)CC1.I. The van der Waals surface area contributed by atoms with Gasteiger partial charge in [0.1, 0.15) is 0 Å².